The average Bonchev–Trinajstić information content (AvgIpc) is 2.40. The first kappa shape index (κ1) is 15.0. The van der Waals surface area contributed by atoms with Gasteiger partial charge in [0.15, 0.2) is 0 Å². The fourth-order valence-corrected chi connectivity index (χ4v) is 1.60. The van der Waals surface area contributed by atoms with Gasteiger partial charge in [-0.3, -0.25) is 4.79 Å². The summed E-state index contributed by atoms with van der Waals surface area (Å²) in [5.41, 5.74) is -0.934. The smallest absolute Gasteiger partial charge is 0.306 e. The molecule has 0 aliphatic rings. The molecule has 0 saturated carbocycles. The molecule has 7 heteroatoms. The van der Waals surface area contributed by atoms with E-state index in [1.165, 1.54) is 12.3 Å². The van der Waals surface area contributed by atoms with E-state index in [1.54, 1.807) is 13.0 Å². The van der Waals surface area contributed by atoms with Crippen molar-refractivity contribution in [1.29, 1.82) is 0 Å². The molecular formula is C14H10F4N2O. The standard InChI is InChI=1S/C14H10F4N2O/c1-8-2-5-12(19-7-8)20-13(21)10-6-9(14(16,17)18)3-4-11(10)15/h2-7H,1H3,(H,19,20,21). The largest absolute Gasteiger partial charge is 0.416 e. The Morgan fingerprint density at radius 3 is 2.48 bits per heavy atom. The molecular weight excluding hydrogens is 288 g/mol. The Hall–Kier alpha value is -2.44. The van der Waals surface area contributed by atoms with E-state index in [4.69, 9.17) is 0 Å². The van der Waals surface area contributed by atoms with Crippen LogP contribution in [0.5, 0.6) is 0 Å². The zero-order valence-electron chi connectivity index (χ0n) is 10.8. The number of carbonyl (C=O) groups excluding carboxylic acids is 1. The number of benzene rings is 1. The van der Waals surface area contributed by atoms with Crippen LogP contribution in [0.2, 0.25) is 0 Å². The van der Waals surface area contributed by atoms with Crippen molar-refractivity contribution in [1.82, 2.24) is 4.98 Å². The number of hydrogen-bond donors (Lipinski definition) is 1. The van der Waals surface area contributed by atoms with E-state index in [2.05, 4.69) is 10.3 Å². The van der Waals surface area contributed by atoms with Gasteiger partial charge in [0.2, 0.25) is 0 Å². The molecule has 0 saturated heterocycles. The molecule has 1 heterocycles. The summed E-state index contributed by atoms with van der Waals surface area (Å²) in [6, 6.07) is 4.79. The number of rotatable bonds is 2. The molecule has 0 bridgehead atoms. The number of halogens is 4. The lowest BCUT2D eigenvalue weighted by molar-refractivity contribution is -0.137. The number of carbonyl (C=O) groups is 1. The van der Waals surface area contributed by atoms with E-state index in [0.29, 0.717) is 18.2 Å². The van der Waals surface area contributed by atoms with E-state index in [-0.39, 0.29) is 5.82 Å². The van der Waals surface area contributed by atoms with E-state index in [9.17, 15) is 22.4 Å². The van der Waals surface area contributed by atoms with Crippen molar-refractivity contribution in [2.24, 2.45) is 0 Å². The minimum absolute atomic E-state index is 0.127. The van der Waals surface area contributed by atoms with Crippen LogP contribution in [0, 0.1) is 12.7 Å². The molecule has 1 aromatic heterocycles. The molecule has 2 aromatic rings. The van der Waals surface area contributed by atoms with Crippen LogP contribution in [-0.2, 0) is 6.18 Å². The number of alkyl halides is 3. The van der Waals surface area contributed by atoms with Gasteiger partial charge in [0.05, 0.1) is 11.1 Å². The Bertz CT molecular complexity index is 666. The lowest BCUT2D eigenvalue weighted by Crippen LogP contribution is -2.16. The summed E-state index contributed by atoms with van der Waals surface area (Å²) >= 11 is 0. The summed E-state index contributed by atoms with van der Waals surface area (Å²) in [5, 5.41) is 2.25. The summed E-state index contributed by atoms with van der Waals surface area (Å²) in [4.78, 5) is 15.7. The molecule has 1 N–H and O–H groups in total. The van der Waals surface area contributed by atoms with Crippen LogP contribution in [0.15, 0.2) is 36.5 Å². The van der Waals surface area contributed by atoms with Crippen LogP contribution in [0.25, 0.3) is 0 Å². The molecule has 1 amide bonds. The molecule has 110 valence electrons. The van der Waals surface area contributed by atoms with Gasteiger partial charge in [-0.25, -0.2) is 9.37 Å². The second-order valence-corrected chi connectivity index (χ2v) is 4.37. The van der Waals surface area contributed by atoms with Crippen molar-refractivity contribution in [2.75, 3.05) is 5.32 Å². The number of amides is 1. The topological polar surface area (TPSA) is 42.0 Å². The highest BCUT2D eigenvalue weighted by Gasteiger charge is 2.31. The molecule has 0 radical (unpaired) electrons. The maximum atomic E-state index is 13.5. The molecule has 21 heavy (non-hydrogen) atoms. The Kier molecular flexibility index (Phi) is 3.93. The van der Waals surface area contributed by atoms with Crippen LogP contribution in [0.4, 0.5) is 23.4 Å². The van der Waals surface area contributed by atoms with Crippen molar-refractivity contribution in [2.45, 2.75) is 13.1 Å². The average molecular weight is 298 g/mol. The maximum absolute atomic E-state index is 13.5. The minimum atomic E-state index is -4.65. The van der Waals surface area contributed by atoms with E-state index in [1.807, 2.05) is 0 Å². The molecule has 0 aliphatic heterocycles. The van der Waals surface area contributed by atoms with Crippen LogP contribution in [0.3, 0.4) is 0 Å². The van der Waals surface area contributed by atoms with E-state index in [0.717, 1.165) is 5.56 Å². The van der Waals surface area contributed by atoms with Crippen molar-refractivity contribution in [3.8, 4) is 0 Å². The van der Waals surface area contributed by atoms with Gasteiger partial charge in [-0.1, -0.05) is 6.07 Å². The first-order chi connectivity index (χ1) is 9.77. The Labute approximate surface area is 117 Å². The predicted molar refractivity (Wildman–Crippen MR) is 68.3 cm³/mol. The van der Waals surface area contributed by atoms with Crippen molar-refractivity contribution < 1.29 is 22.4 Å². The van der Waals surface area contributed by atoms with Gasteiger partial charge in [0.25, 0.3) is 5.91 Å². The van der Waals surface area contributed by atoms with Gasteiger partial charge < -0.3 is 5.32 Å². The fourth-order valence-electron chi connectivity index (χ4n) is 1.60. The van der Waals surface area contributed by atoms with Gasteiger partial charge in [0, 0.05) is 6.20 Å². The summed E-state index contributed by atoms with van der Waals surface area (Å²) in [7, 11) is 0. The van der Waals surface area contributed by atoms with Gasteiger partial charge in [-0.2, -0.15) is 13.2 Å². The predicted octanol–water partition coefficient (Wildman–Crippen LogP) is 3.80. The third-order valence-corrected chi connectivity index (χ3v) is 2.69. The van der Waals surface area contributed by atoms with Crippen molar-refractivity contribution in [3.63, 3.8) is 0 Å². The van der Waals surface area contributed by atoms with Gasteiger partial charge in [-0.05, 0) is 36.8 Å². The van der Waals surface area contributed by atoms with Crippen molar-refractivity contribution in [3.05, 3.63) is 59.0 Å². The molecule has 3 nitrogen and oxygen atoms in total. The van der Waals surface area contributed by atoms with Crippen LogP contribution >= 0.6 is 0 Å². The number of anilines is 1. The minimum Gasteiger partial charge on any atom is -0.306 e. The molecule has 0 spiro atoms. The van der Waals surface area contributed by atoms with Gasteiger partial charge in [-0.15, -0.1) is 0 Å². The molecule has 1 aromatic carbocycles. The maximum Gasteiger partial charge on any atom is 0.416 e. The lowest BCUT2D eigenvalue weighted by atomic mass is 10.1. The van der Waals surface area contributed by atoms with Gasteiger partial charge in [0.1, 0.15) is 11.6 Å². The monoisotopic (exact) mass is 298 g/mol. The van der Waals surface area contributed by atoms with Gasteiger partial charge >= 0.3 is 6.18 Å². The quantitative estimate of drug-likeness (QED) is 0.857. The highest BCUT2D eigenvalue weighted by Crippen LogP contribution is 2.30. The van der Waals surface area contributed by atoms with Crippen LogP contribution in [-0.4, -0.2) is 10.9 Å². The highest BCUT2D eigenvalue weighted by atomic mass is 19.4. The third kappa shape index (κ3) is 3.56. The third-order valence-electron chi connectivity index (χ3n) is 2.69. The zero-order chi connectivity index (χ0) is 15.6. The summed E-state index contributed by atoms with van der Waals surface area (Å²) in [6.45, 7) is 1.78. The molecule has 0 aliphatic carbocycles. The summed E-state index contributed by atoms with van der Waals surface area (Å²) in [5.74, 6) is -1.90. The zero-order valence-corrected chi connectivity index (χ0v) is 10.8. The Morgan fingerprint density at radius 2 is 1.90 bits per heavy atom. The summed E-state index contributed by atoms with van der Waals surface area (Å²) < 4.78 is 51.2. The molecule has 0 unspecified atom stereocenters. The normalized spacial score (nSPS) is 11.3. The Morgan fingerprint density at radius 1 is 1.19 bits per heavy atom. The van der Waals surface area contributed by atoms with Crippen LogP contribution < -0.4 is 5.32 Å². The first-order valence-electron chi connectivity index (χ1n) is 5.88. The van der Waals surface area contributed by atoms with Crippen molar-refractivity contribution >= 4 is 11.7 Å². The summed E-state index contributed by atoms with van der Waals surface area (Å²) in [6.07, 6.45) is -3.18. The number of aryl methyl sites for hydroxylation is 1. The number of nitrogens with zero attached hydrogens (tertiary/aromatic N) is 1. The fraction of sp³-hybridized carbons (Fsp3) is 0.143. The number of hydrogen-bond acceptors (Lipinski definition) is 2. The SMILES string of the molecule is Cc1ccc(NC(=O)c2cc(C(F)(F)F)ccc2F)nc1. The lowest BCUT2D eigenvalue weighted by Gasteiger charge is -2.10. The molecule has 0 atom stereocenters. The number of pyridine rings is 1. The molecule has 0 fully saturated rings. The first-order valence-corrected chi connectivity index (χ1v) is 5.88. The highest BCUT2D eigenvalue weighted by molar-refractivity contribution is 6.04. The molecule has 2 rings (SSSR count). The van der Waals surface area contributed by atoms with E-state index < -0.39 is 29.0 Å². The number of nitrogens with one attached hydrogen (secondary N) is 1. The second-order valence-electron chi connectivity index (χ2n) is 4.37. The second kappa shape index (κ2) is 5.51. The number of aromatic nitrogens is 1. The Balaban J connectivity index is 2.28. The van der Waals surface area contributed by atoms with E-state index >= 15 is 0 Å². The van der Waals surface area contributed by atoms with Crippen LogP contribution in [0.1, 0.15) is 21.5 Å².